The van der Waals surface area contributed by atoms with Gasteiger partial charge in [-0.3, -0.25) is 14.4 Å². The largest absolute Gasteiger partial charge is 0.507 e. The fraction of sp³-hybridized carbons (Fsp3) is 0.621. The van der Waals surface area contributed by atoms with E-state index in [-0.39, 0.29) is 35.1 Å². The number of anilines is 1. The van der Waals surface area contributed by atoms with Gasteiger partial charge in [0.15, 0.2) is 11.4 Å². The number of phenols is 1. The summed E-state index contributed by atoms with van der Waals surface area (Å²) >= 11 is 0. The number of hydrogen-bond acceptors (Lipinski definition) is 10. The summed E-state index contributed by atoms with van der Waals surface area (Å²) < 4.78 is 0. The van der Waals surface area contributed by atoms with Crippen molar-refractivity contribution in [1.82, 2.24) is 10.2 Å². The maximum absolute atomic E-state index is 14.0. The molecule has 0 aliphatic heterocycles. The minimum atomic E-state index is -2.67. The smallest absolute Gasteiger partial charge is 0.230 e. The first-order valence-corrected chi connectivity index (χ1v) is 13.6. The number of nitrogens with two attached hydrogens (primary N) is 1. The highest BCUT2D eigenvalue weighted by Crippen LogP contribution is 2.53. The molecule has 3 aliphatic rings. The van der Waals surface area contributed by atoms with Gasteiger partial charge in [-0.25, -0.2) is 0 Å². The normalized spacial score (nSPS) is 30.2. The summed E-state index contributed by atoms with van der Waals surface area (Å²) in [4.78, 5) is 43.2. The average Bonchev–Trinajstić information content (AvgIpc) is 2.81. The van der Waals surface area contributed by atoms with Crippen LogP contribution >= 0.6 is 0 Å². The molecular formula is C29H42N4O7. The number of likely N-dealkylation sites (N-methyl/N-ethyl adjacent to an activating group) is 1. The first-order chi connectivity index (χ1) is 18.4. The molecule has 2 fully saturated rings. The van der Waals surface area contributed by atoms with Crippen LogP contribution in [0, 0.1) is 23.2 Å². The summed E-state index contributed by atoms with van der Waals surface area (Å²) in [5.41, 5.74) is 4.64. The Kier molecular flexibility index (Phi) is 7.59. The second-order valence-corrected chi connectivity index (χ2v) is 13.1. The van der Waals surface area contributed by atoms with Crippen LogP contribution in [0.3, 0.4) is 0 Å². The Morgan fingerprint density at radius 1 is 1.18 bits per heavy atom. The molecule has 1 amide bonds. The minimum absolute atomic E-state index is 0.000652. The van der Waals surface area contributed by atoms with Gasteiger partial charge in [-0.15, -0.1) is 0 Å². The number of aliphatic hydroxyl groups excluding tert-OH is 2. The Morgan fingerprint density at radius 3 is 2.33 bits per heavy atom. The SMILES string of the molecule is CN(C)c1cc(CNCC(C)(C)C)c(O)c2c1C[C@H]1C[C@H]3C(N(C)C)C(O)C(C(N)=O)C(=O)[C@@]3(O)C(=O)C1=C2O. The molecule has 11 nitrogen and oxygen atoms in total. The van der Waals surface area contributed by atoms with E-state index in [4.69, 9.17) is 5.73 Å². The van der Waals surface area contributed by atoms with Crippen molar-refractivity contribution < 1.29 is 34.8 Å². The molecule has 7 N–H and O–H groups in total. The van der Waals surface area contributed by atoms with Crippen LogP contribution < -0.4 is 16.0 Å². The van der Waals surface area contributed by atoms with Gasteiger partial charge in [0.1, 0.15) is 17.4 Å². The van der Waals surface area contributed by atoms with Crippen LogP contribution in [0.2, 0.25) is 0 Å². The number of phenolic OH excluding ortho intramolecular Hbond substituents is 1. The number of aliphatic hydroxyl groups is 3. The number of benzene rings is 1. The zero-order valence-corrected chi connectivity index (χ0v) is 24.3. The van der Waals surface area contributed by atoms with Crippen molar-refractivity contribution in [3.05, 3.63) is 28.3 Å². The number of amides is 1. The van der Waals surface area contributed by atoms with Crippen LogP contribution in [0.4, 0.5) is 5.69 Å². The van der Waals surface area contributed by atoms with Crippen molar-refractivity contribution in [3.8, 4) is 5.75 Å². The molecule has 1 aromatic carbocycles. The lowest BCUT2D eigenvalue weighted by Crippen LogP contribution is -2.73. The molecule has 0 spiro atoms. The van der Waals surface area contributed by atoms with Crippen molar-refractivity contribution in [2.45, 2.75) is 57.9 Å². The molecule has 0 saturated heterocycles. The van der Waals surface area contributed by atoms with Gasteiger partial charge in [0, 0.05) is 56.0 Å². The molecule has 2 saturated carbocycles. The topological polar surface area (TPSA) is 177 Å². The molecule has 40 heavy (non-hydrogen) atoms. The molecular weight excluding hydrogens is 516 g/mol. The molecule has 0 aromatic heterocycles. The number of carbonyl (C=O) groups excluding carboxylic acids is 3. The first kappa shape index (κ1) is 30.0. The van der Waals surface area contributed by atoms with Gasteiger partial charge < -0.3 is 41.3 Å². The monoisotopic (exact) mass is 558 g/mol. The predicted octanol–water partition coefficient (Wildman–Crippen LogP) is 0.331. The van der Waals surface area contributed by atoms with Crippen LogP contribution in [-0.2, 0) is 27.3 Å². The van der Waals surface area contributed by atoms with Gasteiger partial charge in [0.25, 0.3) is 0 Å². The van der Waals surface area contributed by atoms with Crippen molar-refractivity contribution in [1.29, 1.82) is 0 Å². The van der Waals surface area contributed by atoms with E-state index < -0.39 is 58.7 Å². The lowest BCUT2D eigenvalue weighted by molar-refractivity contribution is -0.184. The Balaban J connectivity index is 1.88. The zero-order chi connectivity index (χ0) is 30.1. The summed E-state index contributed by atoms with van der Waals surface area (Å²) in [5, 5.41) is 49.0. The van der Waals surface area contributed by atoms with Crippen LogP contribution in [-0.4, -0.2) is 95.3 Å². The van der Waals surface area contributed by atoms with Crippen molar-refractivity contribution >= 4 is 28.9 Å². The second-order valence-electron chi connectivity index (χ2n) is 13.1. The van der Waals surface area contributed by atoms with Crippen LogP contribution in [0.25, 0.3) is 5.76 Å². The number of carbonyl (C=O) groups is 3. The quantitative estimate of drug-likeness (QED) is 0.267. The van der Waals surface area contributed by atoms with Crippen LogP contribution in [0.1, 0.15) is 43.9 Å². The summed E-state index contributed by atoms with van der Waals surface area (Å²) in [7, 11) is 6.96. The molecule has 0 radical (unpaired) electrons. The molecule has 4 rings (SSSR count). The molecule has 3 aliphatic carbocycles. The van der Waals surface area contributed by atoms with E-state index >= 15 is 0 Å². The lowest BCUT2D eigenvalue weighted by Gasteiger charge is -2.53. The maximum Gasteiger partial charge on any atom is 0.230 e. The predicted molar refractivity (Wildman–Crippen MR) is 150 cm³/mol. The fourth-order valence-corrected chi connectivity index (χ4v) is 6.81. The number of primary amides is 1. The van der Waals surface area contributed by atoms with Crippen LogP contribution in [0.15, 0.2) is 11.6 Å². The van der Waals surface area contributed by atoms with Gasteiger partial charge in [-0.05, 0) is 49.9 Å². The number of rotatable bonds is 6. The van der Waals surface area contributed by atoms with E-state index in [9.17, 15) is 34.8 Å². The third-order valence-corrected chi connectivity index (χ3v) is 8.60. The highest BCUT2D eigenvalue weighted by Gasteiger charge is 2.67. The van der Waals surface area contributed by atoms with Gasteiger partial charge in [0.05, 0.1) is 11.7 Å². The minimum Gasteiger partial charge on any atom is -0.507 e. The second kappa shape index (κ2) is 10.1. The molecule has 3 unspecified atom stereocenters. The molecule has 6 atom stereocenters. The number of Topliss-reactive ketones (excluding diaryl/α,β-unsaturated/α-hetero) is 2. The highest BCUT2D eigenvalue weighted by atomic mass is 16.3. The van der Waals surface area contributed by atoms with Crippen molar-refractivity contribution in [2.24, 2.45) is 28.9 Å². The summed E-state index contributed by atoms with van der Waals surface area (Å²) in [6, 6.07) is 0.934. The number of ketones is 2. The number of hydrogen-bond donors (Lipinski definition) is 6. The molecule has 220 valence electrons. The number of fused-ring (bicyclic) bond motifs is 3. The standard InChI is InChI=1S/C29H42N4O7/c1-28(2,3)12-31-11-14-10-17(32(4)5)15-8-13-9-16-21(33(6)7)24(36)20(27(30)39)26(38)29(16,40)25(37)18(13)23(35)19(15)22(14)34/h10,13,16,20-21,24,31,34-36,40H,8-9,11-12H2,1-7H3,(H2,30,39)/t13-,16-,20?,21?,24?,29-/m0/s1. The summed E-state index contributed by atoms with van der Waals surface area (Å²) in [5.74, 6) is -7.43. The summed E-state index contributed by atoms with van der Waals surface area (Å²) in [6.45, 7) is 7.22. The van der Waals surface area contributed by atoms with E-state index in [1.54, 1.807) is 19.0 Å². The number of nitrogens with zero attached hydrogens (tertiary/aromatic N) is 2. The highest BCUT2D eigenvalue weighted by molar-refractivity contribution is 6.25. The van der Waals surface area contributed by atoms with E-state index in [1.165, 1.54) is 0 Å². The van der Waals surface area contributed by atoms with Gasteiger partial charge >= 0.3 is 0 Å². The van der Waals surface area contributed by atoms with E-state index in [0.717, 1.165) is 5.69 Å². The van der Waals surface area contributed by atoms with E-state index in [1.807, 2.05) is 25.1 Å². The van der Waals surface area contributed by atoms with Gasteiger partial charge in [-0.1, -0.05) is 20.8 Å². The Hall–Kier alpha value is -2.99. The molecule has 1 aromatic rings. The van der Waals surface area contributed by atoms with E-state index in [2.05, 4.69) is 26.1 Å². The summed E-state index contributed by atoms with van der Waals surface area (Å²) in [6.07, 6.45) is -1.17. The first-order valence-electron chi connectivity index (χ1n) is 13.6. The Bertz CT molecular complexity index is 1280. The molecule has 0 bridgehead atoms. The molecule has 0 heterocycles. The number of nitrogens with one attached hydrogen (secondary N) is 1. The zero-order valence-electron chi connectivity index (χ0n) is 24.3. The fourth-order valence-electron chi connectivity index (χ4n) is 6.81. The van der Waals surface area contributed by atoms with Gasteiger partial charge in [0.2, 0.25) is 11.7 Å². The van der Waals surface area contributed by atoms with Gasteiger partial charge in [-0.2, -0.15) is 0 Å². The Morgan fingerprint density at radius 2 is 1.80 bits per heavy atom. The number of aromatic hydroxyl groups is 1. The van der Waals surface area contributed by atoms with Crippen molar-refractivity contribution in [3.63, 3.8) is 0 Å². The van der Waals surface area contributed by atoms with E-state index in [0.29, 0.717) is 24.2 Å². The van der Waals surface area contributed by atoms with Crippen LogP contribution in [0.5, 0.6) is 5.75 Å². The lowest BCUT2D eigenvalue weighted by atomic mass is 9.54. The third-order valence-electron chi connectivity index (χ3n) is 8.60. The molecule has 11 heteroatoms. The maximum atomic E-state index is 14.0. The Labute approximate surface area is 234 Å². The third kappa shape index (κ3) is 4.58. The average molecular weight is 559 g/mol. The van der Waals surface area contributed by atoms with Crippen molar-refractivity contribution in [2.75, 3.05) is 39.6 Å².